The summed E-state index contributed by atoms with van der Waals surface area (Å²) in [5.74, 6) is 1.52. The molecular weight excluding hydrogens is 272 g/mol. The van der Waals surface area contributed by atoms with Crippen LogP contribution in [0.4, 0.5) is 0 Å². The van der Waals surface area contributed by atoms with Gasteiger partial charge >= 0.3 is 0 Å². The van der Waals surface area contributed by atoms with Crippen molar-refractivity contribution < 1.29 is 4.79 Å². The summed E-state index contributed by atoms with van der Waals surface area (Å²) in [4.78, 5) is 17.7. The number of hydrogen-bond acceptors (Lipinski definition) is 2. The fourth-order valence-corrected chi connectivity index (χ4v) is 4.27. The lowest BCUT2D eigenvalue weighted by Gasteiger charge is -2.42. The summed E-state index contributed by atoms with van der Waals surface area (Å²) in [6, 6.07) is 0.994. The normalized spacial score (nSPS) is 25.5. The van der Waals surface area contributed by atoms with Gasteiger partial charge in [0.1, 0.15) is 0 Å². The van der Waals surface area contributed by atoms with E-state index in [9.17, 15) is 4.79 Å². The lowest BCUT2D eigenvalue weighted by atomic mass is 9.99. The second kappa shape index (κ2) is 8.33. The first-order valence-electron chi connectivity index (χ1n) is 9.61. The van der Waals surface area contributed by atoms with Gasteiger partial charge in [0.15, 0.2) is 0 Å². The molecule has 2 heterocycles. The van der Waals surface area contributed by atoms with Gasteiger partial charge in [0.25, 0.3) is 0 Å². The van der Waals surface area contributed by atoms with Crippen molar-refractivity contribution in [2.24, 2.45) is 11.8 Å². The number of nitrogens with zero attached hydrogens (tertiary/aromatic N) is 2. The smallest absolute Gasteiger partial charge is 0.226 e. The van der Waals surface area contributed by atoms with E-state index in [2.05, 4.69) is 37.5 Å². The Morgan fingerprint density at radius 2 is 1.64 bits per heavy atom. The third-order valence-electron chi connectivity index (χ3n) is 5.65. The van der Waals surface area contributed by atoms with Crippen LogP contribution in [0.1, 0.15) is 72.6 Å². The summed E-state index contributed by atoms with van der Waals surface area (Å²) >= 11 is 0. The van der Waals surface area contributed by atoms with Gasteiger partial charge in [-0.1, -0.05) is 40.5 Å². The van der Waals surface area contributed by atoms with E-state index < -0.39 is 0 Å². The molecule has 1 amide bonds. The summed E-state index contributed by atoms with van der Waals surface area (Å²) in [5.41, 5.74) is 0. The molecule has 0 saturated carbocycles. The molecule has 2 fully saturated rings. The van der Waals surface area contributed by atoms with Crippen molar-refractivity contribution in [1.29, 1.82) is 0 Å². The number of hydrogen-bond donors (Lipinski definition) is 0. The first-order valence-corrected chi connectivity index (χ1v) is 9.61. The second-order valence-corrected chi connectivity index (χ2v) is 7.79. The van der Waals surface area contributed by atoms with Gasteiger partial charge in [0, 0.05) is 31.1 Å². The summed E-state index contributed by atoms with van der Waals surface area (Å²) in [6.45, 7) is 12.4. The Bertz CT molecular complexity index is 337. The van der Waals surface area contributed by atoms with Gasteiger partial charge in [-0.3, -0.25) is 9.69 Å². The molecule has 0 aromatic rings. The molecule has 0 unspecified atom stereocenters. The number of piperazine rings is 1. The molecular formula is C19H36N2O. The number of unbranched alkanes of at least 4 members (excludes halogenated alkanes) is 1. The minimum absolute atomic E-state index is 0.251. The van der Waals surface area contributed by atoms with Crippen molar-refractivity contribution in [3.05, 3.63) is 0 Å². The van der Waals surface area contributed by atoms with Crippen LogP contribution in [0.2, 0.25) is 0 Å². The highest BCUT2D eigenvalue weighted by Gasteiger charge is 2.43. The Hall–Kier alpha value is -0.570. The third kappa shape index (κ3) is 4.24. The zero-order valence-corrected chi connectivity index (χ0v) is 15.2. The molecule has 3 nitrogen and oxygen atoms in total. The van der Waals surface area contributed by atoms with Crippen molar-refractivity contribution in [3.8, 4) is 0 Å². The van der Waals surface area contributed by atoms with Gasteiger partial charge in [-0.25, -0.2) is 0 Å². The monoisotopic (exact) mass is 308 g/mol. The van der Waals surface area contributed by atoms with Crippen molar-refractivity contribution >= 4 is 5.91 Å². The molecule has 0 spiro atoms. The van der Waals surface area contributed by atoms with Crippen LogP contribution in [0.5, 0.6) is 0 Å². The van der Waals surface area contributed by atoms with Gasteiger partial charge in [0.05, 0.1) is 0 Å². The van der Waals surface area contributed by atoms with E-state index in [4.69, 9.17) is 0 Å². The molecule has 2 atom stereocenters. The van der Waals surface area contributed by atoms with E-state index in [1.54, 1.807) is 0 Å². The topological polar surface area (TPSA) is 23.6 Å². The van der Waals surface area contributed by atoms with Crippen LogP contribution in [-0.2, 0) is 4.79 Å². The molecule has 0 radical (unpaired) electrons. The highest BCUT2D eigenvalue weighted by Crippen LogP contribution is 2.32. The number of amides is 1. The predicted octanol–water partition coefficient (Wildman–Crippen LogP) is 3.92. The predicted molar refractivity (Wildman–Crippen MR) is 92.9 cm³/mol. The minimum Gasteiger partial charge on any atom is -0.334 e. The molecule has 22 heavy (non-hydrogen) atoms. The van der Waals surface area contributed by atoms with Crippen LogP contribution in [0.15, 0.2) is 0 Å². The third-order valence-corrected chi connectivity index (χ3v) is 5.65. The van der Waals surface area contributed by atoms with Gasteiger partial charge in [-0.2, -0.15) is 0 Å². The second-order valence-electron chi connectivity index (χ2n) is 7.79. The van der Waals surface area contributed by atoms with Gasteiger partial charge in [-0.05, 0) is 44.6 Å². The Balaban J connectivity index is 1.82. The fraction of sp³-hybridized carbons (Fsp3) is 0.947. The molecule has 2 saturated heterocycles. The number of fused-ring (bicyclic) bond motifs is 2. The van der Waals surface area contributed by atoms with E-state index in [1.165, 1.54) is 38.6 Å². The number of likely N-dealkylation sites (tertiary alicyclic amines) is 1. The van der Waals surface area contributed by atoms with Crippen molar-refractivity contribution in [2.45, 2.75) is 84.7 Å². The number of carbonyl (C=O) groups excluding carboxylic acids is 1. The summed E-state index contributed by atoms with van der Waals surface area (Å²) in [5, 5.41) is 0. The summed E-state index contributed by atoms with van der Waals surface area (Å²) < 4.78 is 0. The van der Waals surface area contributed by atoms with Crippen LogP contribution in [0, 0.1) is 11.8 Å². The molecule has 2 bridgehead atoms. The molecule has 128 valence electrons. The number of carbonyl (C=O) groups is 1. The van der Waals surface area contributed by atoms with Gasteiger partial charge in [-0.15, -0.1) is 0 Å². The summed E-state index contributed by atoms with van der Waals surface area (Å²) in [7, 11) is 0. The molecule has 0 aromatic carbocycles. The van der Waals surface area contributed by atoms with Crippen LogP contribution >= 0.6 is 0 Å². The highest BCUT2D eigenvalue weighted by atomic mass is 16.2. The maximum Gasteiger partial charge on any atom is 0.226 e. The molecule has 2 aliphatic heterocycles. The van der Waals surface area contributed by atoms with E-state index in [0.29, 0.717) is 18.0 Å². The summed E-state index contributed by atoms with van der Waals surface area (Å²) in [6.07, 6.45) is 8.43. The zero-order valence-electron chi connectivity index (χ0n) is 15.2. The molecule has 0 aromatic heterocycles. The maximum absolute atomic E-state index is 12.8. The van der Waals surface area contributed by atoms with Crippen LogP contribution < -0.4 is 0 Å². The van der Waals surface area contributed by atoms with E-state index in [0.717, 1.165) is 31.8 Å². The van der Waals surface area contributed by atoms with Crippen LogP contribution in [0.3, 0.4) is 0 Å². The average molecular weight is 309 g/mol. The largest absolute Gasteiger partial charge is 0.334 e. The van der Waals surface area contributed by atoms with Gasteiger partial charge in [0.2, 0.25) is 5.91 Å². The first kappa shape index (κ1) is 17.8. The maximum atomic E-state index is 12.8. The first-order chi connectivity index (χ1) is 10.6. The lowest BCUT2D eigenvalue weighted by molar-refractivity contribution is -0.141. The number of rotatable bonds is 8. The van der Waals surface area contributed by atoms with E-state index in [-0.39, 0.29) is 5.92 Å². The van der Waals surface area contributed by atoms with Crippen molar-refractivity contribution in [1.82, 2.24) is 9.80 Å². The van der Waals surface area contributed by atoms with E-state index in [1.807, 2.05) is 0 Å². The molecule has 0 N–H and O–H groups in total. The highest BCUT2D eigenvalue weighted by molar-refractivity contribution is 5.80. The molecule has 2 aliphatic rings. The Morgan fingerprint density at radius 3 is 2.14 bits per heavy atom. The van der Waals surface area contributed by atoms with Crippen molar-refractivity contribution in [2.75, 3.05) is 19.6 Å². The Labute approximate surface area is 137 Å². The lowest BCUT2D eigenvalue weighted by Crippen LogP contribution is -2.57. The van der Waals surface area contributed by atoms with Gasteiger partial charge < -0.3 is 4.90 Å². The standard InChI is InChI=1S/C19H36N2O/c1-5-16(6-2)19(22)21-17-10-11-18(21)14-20(13-17)12-8-7-9-15(3)4/h15-18H,5-14H2,1-4H3/t17-,18+. The molecule has 3 heteroatoms. The SMILES string of the molecule is CCC(CC)C(=O)N1[C@@H]2CC[C@H]1CN(CCCCC(C)C)C2. The van der Waals surface area contributed by atoms with E-state index >= 15 is 0 Å². The van der Waals surface area contributed by atoms with Crippen LogP contribution in [-0.4, -0.2) is 47.4 Å². The zero-order chi connectivity index (χ0) is 16.1. The fourth-order valence-electron chi connectivity index (χ4n) is 4.27. The molecule has 2 rings (SSSR count). The molecule has 0 aliphatic carbocycles. The minimum atomic E-state index is 0.251. The quantitative estimate of drug-likeness (QED) is 0.634. The van der Waals surface area contributed by atoms with Crippen molar-refractivity contribution in [3.63, 3.8) is 0 Å². The average Bonchev–Trinajstić information content (AvgIpc) is 2.75. The Kier molecular flexibility index (Phi) is 6.73. The Morgan fingerprint density at radius 1 is 1.05 bits per heavy atom. The van der Waals surface area contributed by atoms with Crippen LogP contribution in [0.25, 0.3) is 0 Å².